The number of methoxy groups -OCH3 is 1. The predicted octanol–water partition coefficient (Wildman–Crippen LogP) is 7.75. The minimum Gasteiger partial charge on any atom is -0.494 e. The van der Waals surface area contributed by atoms with Gasteiger partial charge in [0.25, 0.3) is 0 Å². The molecule has 1 atom stereocenters. The second-order valence-electron chi connectivity index (χ2n) is 8.45. The topological polar surface area (TPSA) is 27.7 Å². The monoisotopic (exact) mass is 522 g/mol. The molecule has 196 valence electrons. The van der Waals surface area contributed by atoms with Crippen LogP contribution in [-0.4, -0.2) is 19.8 Å². The van der Waals surface area contributed by atoms with E-state index in [9.17, 15) is 26.3 Å². The highest BCUT2D eigenvalue weighted by Gasteiger charge is 2.24. The van der Waals surface area contributed by atoms with Crippen LogP contribution < -0.4 is 9.47 Å². The number of allylic oxidation sites excluding steroid dienone is 1. The molecule has 0 aromatic heterocycles. The summed E-state index contributed by atoms with van der Waals surface area (Å²) in [6.07, 6.45) is 2.48. The van der Waals surface area contributed by atoms with Gasteiger partial charge in [0.1, 0.15) is 0 Å². The zero-order valence-electron chi connectivity index (χ0n) is 20.1. The van der Waals surface area contributed by atoms with E-state index >= 15 is 0 Å². The van der Waals surface area contributed by atoms with E-state index in [2.05, 4.69) is 0 Å². The molecule has 3 aromatic carbocycles. The molecule has 1 aliphatic carbocycles. The standard InChI is InChI=1S/C28H24F6O3/c1-3-36-22-13-11-20(26(32)28(22)34)19-10-9-18(24(30)25(19)31)15-4-7-17(8-5-15)37-14-16-6-12-21(35-2)27(33)23(16)29/h4,6,9-13,17H,3,5,7-8,14H2,1-2H3. The maximum Gasteiger partial charge on any atom is 0.201 e. The van der Waals surface area contributed by atoms with Crippen LogP contribution in [0.4, 0.5) is 26.3 Å². The molecule has 0 N–H and O–H groups in total. The maximum atomic E-state index is 15.0. The van der Waals surface area contributed by atoms with Crippen LogP contribution in [0, 0.1) is 34.9 Å². The van der Waals surface area contributed by atoms with Gasteiger partial charge in [-0.25, -0.2) is 17.6 Å². The molecule has 0 saturated heterocycles. The third kappa shape index (κ3) is 5.32. The molecule has 0 amide bonds. The van der Waals surface area contributed by atoms with Gasteiger partial charge in [0.15, 0.2) is 34.8 Å². The lowest BCUT2D eigenvalue weighted by Crippen LogP contribution is -2.16. The molecule has 37 heavy (non-hydrogen) atoms. The highest BCUT2D eigenvalue weighted by molar-refractivity contribution is 5.72. The Bertz CT molecular complexity index is 1340. The Morgan fingerprint density at radius 1 is 0.730 bits per heavy atom. The Balaban J connectivity index is 1.48. The number of hydrogen-bond acceptors (Lipinski definition) is 3. The van der Waals surface area contributed by atoms with Crippen molar-refractivity contribution >= 4 is 5.57 Å². The van der Waals surface area contributed by atoms with Gasteiger partial charge in [-0.05, 0) is 56.0 Å². The van der Waals surface area contributed by atoms with Gasteiger partial charge in [-0.3, -0.25) is 0 Å². The lowest BCUT2D eigenvalue weighted by Gasteiger charge is -2.23. The molecule has 1 aliphatic rings. The Morgan fingerprint density at radius 2 is 1.32 bits per heavy atom. The fraction of sp³-hybridized carbons (Fsp3) is 0.286. The second-order valence-corrected chi connectivity index (χ2v) is 8.45. The Morgan fingerprint density at radius 3 is 1.97 bits per heavy atom. The normalized spacial score (nSPS) is 15.5. The van der Waals surface area contributed by atoms with Crippen LogP contribution in [0.3, 0.4) is 0 Å². The van der Waals surface area contributed by atoms with Crippen LogP contribution >= 0.6 is 0 Å². The summed E-state index contributed by atoms with van der Waals surface area (Å²) in [4.78, 5) is 0. The smallest absolute Gasteiger partial charge is 0.201 e. The van der Waals surface area contributed by atoms with Gasteiger partial charge in [-0.15, -0.1) is 0 Å². The van der Waals surface area contributed by atoms with Crippen molar-refractivity contribution in [1.29, 1.82) is 0 Å². The lowest BCUT2D eigenvalue weighted by molar-refractivity contribution is 0.0341. The van der Waals surface area contributed by atoms with Crippen LogP contribution in [-0.2, 0) is 11.3 Å². The predicted molar refractivity (Wildman–Crippen MR) is 126 cm³/mol. The minimum absolute atomic E-state index is 0.00906. The first-order valence-electron chi connectivity index (χ1n) is 11.7. The summed E-state index contributed by atoms with van der Waals surface area (Å²) in [7, 11) is 1.24. The van der Waals surface area contributed by atoms with E-state index in [0.717, 1.165) is 6.07 Å². The van der Waals surface area contributed by atoms with Crippen LogP contribution in [0.2, 0.25) is 0 Å². The first-order valence-corrected chi connectivity index (χ1v) is 11.7. The average Bonchev–Trinajstić information content (AvgIpc) is 2.90. The van der Waals surface area contributed by atoms with Crippen molar-refractivity contribution in [3.8, 4) is 22.6 Å². The molecule has 9 heteroatoms. The summed E-state index contributed by atoms with van der Waals surface area (Å²) >= 11 is 0. The molecular weight excluding hydrogens is 498 g/mol. The highest BCUT2D eigenvalue weighted by atomic mass is 19.2. The quantitative estimate of drug-likeness (QED) is 0.283. The molecule has 0 fully saturated rings. The van der Waals surface area contributed by atoms with Crippen molar-refractivity contribution in [1.82, 2.24) is 0 Å². The van der Waals surface area contributed by atoms with E-state index in [4.69, 9.17) is 14.2 Å². The number of halogens is 6. The van der Waals surface area contributed by atoms with Crippen molar-refractivity contribution in [2.24, 2.45) is 0 Å². The largest absolute Gasteiger partial charge is 0.494 e. The first-order chi connectivity index (χ1) is 17.8. The molecule has 0 saturated carbocycles. The summed E-state index contributed by atoms with van der Waals surface area (Å²) < 4.78 is 102. The molecule has 3 nitrogen and oxygen atoms in total. The van der Waals surface area contributed by atoms with Crippen LogP contribution in [0.1, 0.15) is 37.3 Å². The summed E-state index contributed by atoms with van der Waals surface area (Å²) in [5, 5.41) is 0. The third-order valence-corrected chi connectivity index (χ3v) is 6.25. The van der Waals surface area contributed by atoms with Gasteiger partial charge in [-0.2, -0.15) is 8.78 Å². The molecular formula is C28H24F6O3. The zero-order chi connectivity index (χ0) is 26.7. The molecule has 0 radical (unpaired) electrons. The van der Waals surface area contributed by atoms with Crippen molar-refractivity contribution < 1.29 is 40.6 Å². The molecule has 0 spiro atoms. The second kappa shape index (κ2) is 11.3. The van der Waals surface area contributed by atoms with Gasteiger partial charge >= 0.3 is 0 Å². The molecule has 1 unspecified atom stereocenters. The van der Waals surface area contributed by atoms with Crippen molar-refractivity contribution in [2.75, 3.05) is 13.7 Å². The van der Waals surface area contributed by atoms with E-state index in [-0.39, 0.29) is 41.9 Å². The SMILES string of the molecule is CCOc1ccc(-c2ccc(C3=CCC(OCc4ccc(OC)c(F)c4F)CC3)c(F)c2F)c(F)c1F. The molecule has 0 bridgehead atoms. The zero-order valence-corrected chi connectivity index (χ0v) is 20.1. The lowest BCUT2D eigenvalue weighted by atomic mass is 9.90. The van der Waals surface area contributed by atoms with Gasteiger partial charge in [0, 0.05) is 22.3 Å². The van der Waals surface area contributed by atoms with Crippen molar-refractivity contribution in [3.63, 3.8) is 0 Å². The summed E-state index contributed by atoms with van der Waals surface area (Å²) in [6.45, 7) is 1.56. The Labute approximate surface area is 210 Å². The van der Waals surface area contributed by atoms with Crippen LogP contribution in [0.5, 0.6) is 11.5 Å². The third-order valence-electron chi connectivity index (χ3n) is 6.25. The fourth-order valence-corrected chi connectivity index (χ4v) is 4.27. The number of ether oxygens (including phenoxy) is 3. The number of rotatable bonds is 8. The van der Waals surface area contributed by atoms with Gasteiger partial charge < -0.3 is 14.2 Å². The first kappa shape index (κ1) is 26.6. The van der Waals surface area contributed by atoms with E-state index in [1.165, 1.54) is 37.4 Å². The van der Waals surface area contributed by atoms with Crippen LogP contribution in [0.15, 0.2) is 42.5 Å². The highest BCUT2D eigenvalue weighted by Crippen LogP contribution is 2.36. The fourth-order valence-electron chi connectivity index (χ4n) is 4.27. The molecule has 0 heterocycles. The van der Waals surface area contributed by atoms with Gasteiger partial charge in [0.2, 0.25) is 11.6 Å². The average molecular weight is 522 g/mol. The molecule has 3 aromatic rings. The van der Waals surface area contributed by atoms with Crippen molar-refractivity contribution in [3.05, 3.63) is 88.5 Å². The van der Waals surface area contributed by atoms with Gasteiger partial charge in [-0.1, -0.05) is 18.2 Å². The Kier molecular flexibility index (Phi) is 8.12. The Hall–Kier alpha value is -3.46. The van der Waals surface area contributed by atoms with Crippen molar-refractivity contribution in [2.45, 2.75) is 38.9 Å². The minimum atomic E-state index is -1.33. The summed E-state index contributed by atoms with van der Waals surface area (Å²) in [6, 6.07) is 7.52. The van der Waals surface area contributed by atoms with E-state index in [1.807, 2.05) is 0 Å². The number of hydrogen-bond donors (Lipinski definition) is 0. The number of benzene rings is 3. The van der Waals surface area contributed by atoms with Crippen LogP contribution in [0.25, 0.3) is 16.7 Å². The van der Waals surface area contributed by atoms with E-state index in [0.29, 0.717) is 24.8 Å². The van der Waals surface area contributed by atoms with E-state index < -0.39 is 46.0 Å². The summed E-state index contributed by atoms with van der Waals surface area (Å²) in [5.74, 6) is -7.74. The van der Waals surface area contributed by atoms with E-state index in [1.54, 1.807) is 13.0 Å². The summed E-state index contributed by atoms with van der Waals surface area (Å²) in [5.41, 5.74) is -0.253. The maximum absolute atomic E-state index is 15.0. The molecule has 4 rings (SSSR count). The van der Waals surface area contributed by atoms with Gasteiger partial charge in [0.05, 0.1) is 26.4 Å². The molecule has 0 aliphatic heterocycles.